The van der Waals surface area contributed by atoms with E-state index < -0.39 is 0 Å². The summed E-state index contributed by atoms with van der Waals surface area (Å²) in [4.78, 5) is 2.45. The van der Waals surface area contributed by atoms with Crippen molar-refractivity contribution in [1.29, 1.82) is 0 Å². The van der Waals surface area contributed by atoms with Gasteiger partial charge >= 0.3 is 0 Å². The van der Waals surface area contributed by atoms with Gasteiger partial charge in [-0.1, -0.05) is 19.1 Å². The molecule has 1 saturated heterocycles. The molecule has 0 radical (unpaired) electrons. The molecule has 21 heavy (non-hydrogen) atoms. The second-order valence-electron chi connectivity index (χ2n) is 6.16. The lowest BCUT2D eigenvalue weighted by Gasteiger charge is -2.19. The third-order valence-electron chi connectivity index (χ3n) is 4.45. The van der Waals surface area contributed by atoms with Crippen LogP contribution < -0.4 is 10.1 Å². The van der Waals surface area contributed by atoms with E-state index in [9.17, 15) is 0 Å². The lowest BCUT2D eigenvalue weighted by molar-refractivity contribution is 0.233. The van der Waals surface area contributed by atoms with Crippen LogP contribution in [0.5, 0.6) is 5.75 Å². The first-order chi connectivity index (χ1) is 10.2. The van der Waals surface area contributed by atoms with E-state index in [-0.39, 0.29) is 0 Å². The molecular weight excluding hydrogens is 260 g/mol. The molecule has 2 rings (SSSR count). The lowest BCUT2D eigenvalue weighted by Crippen LogP contribution is -2.26. The van der Waals surface area contributed by atoms with E-state index >= 15 is 0 Å². The summed E-state index contributed by atoms with van der Waals surface area (Å²) in [6.45, 7) is 7.51. The van der Waals surface area contributed by atoms with Gasteiger partial charge in [-0.25, -0.2) is 0 Å². The number of likely N-dealkylation sites (tertiary alicyclic amines) is 1. The average Bonchev–Trinajstić information content (AvgIpc) is 2.90. The smallest absolute Gasteiger partial charge is 0.119 e. The molecule has 0 aliphatic carbocycles. The van der Waals surface area contributed by atoms with Crippen LogP contribution in [0.4, 0.5) is 0 Å². The van der Waals surface area contributed by atoms with E-state index in [4.69, 9.17) is 4.74 Å². The molecule has 1 aromatic rings. The fraction of sp³-hybridized carbons (Fsp3) is 0.667. The minimum atomic E-state index is 0.384. The van der Waals surface area contributed by atoms with E-state index in [1.165, 1.54) is 24.9 Å². The predicted octanol–water partition coefficient (Wildman–Crippen LogP) is 3.61. The molecular formula is C18H30N2O. The van der Waals surface area contributed by atoms with Crippen molar-refractivity contribution in [2.45, 2.75) is 51.6 Å². The molecule has 3 heteroatoms. The highest BCUT2D eigenvalue weighted by atomic mass is 16.5. The summed E-state index contributed by atoms with van der Waals surface area (Å²) in [6, 6.07) is 9.59. The molecule has 0 saturated carbocycles. The number of ether oxygens (including phenoxy) is 1. The second-order valence-corrected chi connectivity index (χ2v) is 6.16. The van der Waals surface area contributed by atoms with Crippen molar-refractivity contribution in [2.24, 2.45) is 0 Å². The van der Waals surface area contributed by atoms with Crippen LogP contribution in [0, 0.1) is 0 Å². The summed E-state index contributed by atoms with van der Waals surface area (Å²) in [7, 11) is 2.22. The molecule has 1 aliphatic rings. The summed E-state index contributed by atoms with van der Waals surface area (Å²) in [6.07, 6.45) is 4.94. The van der Waals surface area contributed by atoms with Gasteiger partial charge < -0.3 is 15.0 Å². The number of hydrogen-bond donors (Lipinski definition) is 1. The Labute approximate surface area is 129 Å². The molecule has 1 aromatic carbocycles. The number of benzene rings is 1. The normalized spacial score (nSPS) is 20.6. The zero-order chi connectivity index (χ0) is 15.1. The van der Waals surface area contributed by atoms with Gasteiger partial charge in [-0.05, 0) is 70.4 Å². The molecule has 1 fully saturated rings. The van der Waals surface area contributed by atoms with Crippen LogP contribution in [0.15, 0.2) is 24.3 Å². The summed E-state index contributed by atoms with van der Waals surface area (Å²) < 4.78 is 5.96. The standard InChI is InChI=1S/C18H30N2O/c1-4-11-19-15(2)16-7-5-9-18(14-16)21-13-10-17-8-6-12-20(17)3/h5,7,9,14-15,17,19H,4,6,8,10-13H2,1-3H3. The number of hydrogen-bond acceptors (Lipinski definition) is 3. The molecule has 118 valence electrons. The first kappa shape index (κ1) is 16.3. The number of nitrogens with one attached hydrogen (secondary N) is 1. The molecule has 3 nitrogen and oxygen atoms in total. The topological polar surface area (TPSA) is 24.5 Å². The zero-order valence-corrected chi connectivity index (χ0v) is 13.8. The highest BCUT2D eigenvalue weighted by Gasteiger charge is 2.20. The monoisotopic (exact) mass is 290 g/mol. The van der Waals surface area contributed by atoms with Crippen LogP contribution in [0.25, 0.3) is 0 Å². The lowest BCUT2D eigenvalue weighted by atomic mass is 10.1. The Hall–Kier alpha value is -1.06. The average molecular weight is 290 g/mol. The summed E-state index contributed by atoms with van der Waals surface area (Å²) in [5.41, 5.74) is 1.30. The van der Waals surface area contributed by atoms with Gasteiger partial charge in [0, 0.05) is 12.1 Å². The Kier molecular flexibility index (Phi) is 6.52. The van der Waals surface area contributed by atoms with Crippen molar-refractivity contribution in [1.82, 2.24) is 10.2 Å². The molecule has 0 spiro atoms. The minimum absolute atomic E-state index is 0.384. The molecule has 2 atom stereocenters. The molecule has 1 heterocycles. The third kappa shape index (κ3) is 5.01. The van der Waals surface area contributed by atoms with Crippen LogP contribution in [-0.2, 0) is 0 Å². The van der Waals surface area contributed by atoms with Crippen LogP contribution in [0.1, 0.15) is 51.1 Å². The highest BCUT2D eigenvalue weighted by Crippen LogP contribution is 2.21. The van der Waals surface area contributed by atoms with E-state index in [0.29, 0.717) is 12.1 Å². The van der Waals surface area contributed by atoms with Gasteiger partial charge in [0.2, 0.25) is 0 Å². The van der Waals surface area contributed by atoms with Gasteiger partial charge in [0.1, 0.15) is 5.75 Å². The molecule has 1 N–H and O–H groups in total. The van der Waals surface area contributed by atoms with Gasteiger partial charge in [-0.15, -0.1) is 0 Å². The van der Waals surface area contributed by atoms with Gasteiger partial charge in [-0.2, -0.15) is 0 Å². The maximum Gasteiger partial charge on any atom is 0.119 e. The van der Waals surface area contributed by atoms with Crippen molar-refractivity contribution < 1.29 is 4.74 Å². The maximum absolute atomic E-state index is 5.96. The number of nitrogens with zero attached hydrogens (tertiary/aromatic N) is 1. The Morgan fingerprint density at radius 2 is 2.29 bits per heavy atom. The minimum Gasteiger partial charge on any atom is -0.494 e. The van der Waals surface area contributed by atoms with Crippen molar-refractivity contribution in [3.63, 3.8) is 0 Å². The zero-order valence-electron chi connectivity index (χ0n) is 13.8. The van der Waals surface area contributed by atoms with Crippen LogP contribution in [-0.4, -0.2) is 37.7 Å². The quantitative estimate of drug-likeness (QED) is 0.791. The second kappa shape index (κ2) is 8.40. The molecule has 0 aromatic heterocycles. The first-order valence-electron chi connectivity index (χ1n) is 8.37. The Bertz CT molecular complexity index is 421. The molecule has 0 amide bonds. The maximum atomic E-state index is 5.96. The van der Waals surface area contributed by atoms with E-state index in [2.05, 4.69) is 55.4 Å². The largest absolute Gasteiger partial charge is 0.494 e. The summed E-state index contributed by atoms with van der Waals surface area (Å²) in [5.74, 6) is 0.998. The summed E-state index contributed by atoms with van der Waals surface area (Å²) >= 11 is 0. The predicted molar refractivity (Wildman–Crippen MR) is 88.9 cm³/mol. The van der Waals surface area contributed by atoms with Gasteiger partial charge in [0.15, 0.2) is 0 Å². The van der Waals surface area contributed by atoms with Gasteiger partial charge in [-0.3, -0.25) is 0 Å². The first-order valence-corrected chi connectivity index (χ1v) is 8.37. The Morgan fingerprint density at radius 1 is 1.43 bits per heavy atom. The van der Waals surface area contributed by atoms with Crippen LogP contribution in [0.3, 0.4) is 0 Å². The van der Waals surface area contributed by atoms with E-state index in [0.717, 1.165) is 31.7 Å². The fourth-order valence-corrected chi connectivity index (χ4v) is 3.01. The SMILES string of the molecule is CCCNC(C)c1cccc(OCCC2CCCN2C)c1. The Morgan fingerprint density at radius 3 is 3.00 bits per heavy atom. The fourth-order valence-electron chi connectivity index (χ4n) is 3.01. The molecule has 2 unspecified atom stereocenters. The Balaban J connectivity index is 1.80. The van der Waals surface area contributed by atoms with Gasteiger partial charge in [0.25, 0.3) is 0 Å². The van der Waals surface area contributed by atoms with Crippen molar-refractivity contribution in [2.75, 3.05) is 26.7 Å². The highest BCUT2D eigenvalue weighted by molar-refractivity contribution is 5.30. The number of rotatable bonds is 8. The van der Waals surface area contributed by atoms with Gasteiger partial charge in [0.05, 0.1) is 6.61 Å². The summed E-state index contributed by atoms with van der Waals surface area (Å²) in [5, 5.41) is 3.52. The molecule has 1 aliphatic heterocycles. The molecule has 0 bridgehead atoms. The third-order valence-corrected chi connectivity index (χ3v) is 4.45. The van der Waals surface area contributed by atoms with Crippen LogP contribution >= 0.6 is 0 Å². The van der Waals surface area contributed by atoms with Crippen molar-refractivity contribution in [3.05, 3.63) is 29.8 Å². The van der Waals surface area contributed by atoms with Crippen molar-refractivity contribution in [3.8, 4) is 5.75 Å². The van der Waals surface area contributed by atoms with E-state index in [1.807, 2.05) is 0 Å². The van der Waals surface area contributed by atoms with Crippen molar-refractivity contribution >= 4 is 0 Å². The van der Waals surface area contributed by atoms with E-state index in [1.54, 1.807) is 0 Å². The van der Waals surface area contributed by atoms with Crippen LogP contribution in [0.2, 0.25) is 0 Å².